The molecular formula is C3H2I2SSe2. The topological polar surface area (TPSA) is 0 Å². The molecule has 0 aromatic carbocycles. The van der Waals surface area contributed by atoms with Gasteiger partial charge in [0.1, 0.15) is 0 Å². The molecule has 0 bridgehead atoms. The monoisotopic (exact) mass is 484 g/mol. The van der Waals surface area contributed by atoms with Crippen LogP contribution in [0.5, 0.6) is 0 Å². The van der Waals surface area contributed by atoms with Crippen molar-refractivity contribution in [2.45, 2.75) is 4.54 Å². The molecule has 0 spiro atoms. The minimum atomic E-state index is 0.696. The van der Waals surface area contributed by atoms with Gasteiger partial charge in [0, 0.05) is 0 Å². The van der Waals surface area contributed by atoms with Crippen LogP contribution in [0.2, 0.25) is 0 Å². The van der Waals surface area contributed by atoms with Gasteiger partial charge in [-0.25, -0.2) is 0 Å². The van der Waals surface area contributed by atoms with Gasteiger partial charge in [-0.2, -0.15) is 0 Å². The molecular weight excluding hydrogens is 480 g/mol. The average Bonchev–Trinajstić information content (AvgIpc) is 1.85. The number of hydrogen-bond donors (Lipinski definition) is 0. The second-order valence-corrected chi connectivity index (χ2v) is 16.8. The second kappa shape index (κ2) is 3.83. The first-order valence-corrected chi connectivity index (χ1v) is 8.56. The average molecular weight is 482 g/mol. The van der Waals surface area contributed by atoms with E-state index in [1.54, 1.807) is 0 Å². The first kappa shape index (κ1) is 8.68. The van der Waals surface area contributed by atoms with Crippen LogP contribution in [-0.2, 0) is 0 Å². The van der Waals surface area contributed by atoms with E-state index in [1.807, 2.05) is 0 Å². The normalized spacial score (nSPS) is 38.5. The number of rotatable bonds is 0. The summed E-state index contributed by atoms with van der Waals surface area (Å²) in [5.41, 5.74) is 0. The van der Waals surface area contributed by atoms with E-state index >= 15 is 0 Å². The molecule has 0 radical (unpaired) electrons. The molecule has 0 amide bonds. The maximum atomic E-state index is 5.15. The maximum absolute atomic E-state index is 5.15. The first-order valence-electron chi connectivity index (χ1n) is 1.84. The predicted molar refractivity (Wildman–Crippen MR) is 59.7 cm³/mol. The molecule has 1 fully saturated rings. The van der Waals surface area contributed by atoms with Crippen LogP contribution in [0.1, 0.15) is 0 Å². The third-order valence-corrected chi connectivity index (χ3v) is 13.9. The molecule has 8 heavy (non-hydrogen) atoms. The van der Waals surface area contributed by atoms with E-state index < -0.39 is 0 Å². The quantitative estimate of drug-likeness (QED) is 0.217. The molecule has 2 unspecified atom stereocenters. The summed E-state index contributed by atoms with van der Waals surface area (Å²) < 4.78 is 3.08. The van der Waals surface area contributed by atoms with E-state index in [0.29, 0.717) is 15.0 Å². The fourth-order valence-electron chi connectivity index (χ4n) is 0.322. The van der Waals surface area contributed by atoms with Gasteiger partial charge in [-0.15, -0.1) is 0 Å². The van der Waals surface area contributed by atoms with Crippen LogP contribution in [0.4, 0.5) is 0 Å². The van der Waals surface area contributed by atoms with Crippen LogP contribution >= 0.6 is 57.4 Å². The molecule has 0 nitrogen and oxygen atoms in total. The van der Waals surface area contributed by atoms with Gasteiger partial charge >= 0.3 is 95.6 Å². The van der Waals surface area contributed by atoms with Gasteiger partial charge in [0.05, 0.1) is 0 Å². The standard InChI is InChI=1S/C3H2I2SSe2/c4-1-2(6)8-3(5)7-1/h1,3H. The van der Waals surface area contributed by atoms with E-state index in [2.05, 4.69) is 45.2 Å². The Labute approximate surface area is 93.9 Å². The van der Waals surface area contributed by atoms with Gasteiger partial charge < -0.3 is 0 Å². The second-order valence-electron chi connectivity index (χ2n) is 1.16. The molecule has 5 heteroatoms. The molecule has 0 N–H and O–H groups in total. The molecule has 46 valence electrons. The zero-order chi connectivity index (χ0) is 6.15. The van der Waals surface area contributed by atoms with Gasteiger partial charge in [-0.05, 0) is 0 Å². The fraction of sp³-hybridized carbons (Fsp3) is 0.667. The molecule has 0 aliphatic carbocycles. The van der Waals surface area contributed by atoms with Crippen molar-refractivity contribution in [3.8, 4) is 0 Å². The molecule has 2 atom stereocenters. The molecule has 1 rings (SSSR count). The van der Waals surface area contributed by atoms with Gasteiger partial charge in [-0.1, -0.05) is 0 Å². The van der Waals surface area contributed by atoms with Crippen molar-refractivity contribution in [3.05, 3.63) is 0 Å². The van der Waals surface area contributed by atoms with Crippen molar-refractivity contribution >= 4 is 91.1 Å². The summed E-state index contributed by atoms with van der Waals surface area (Å²) in [6, 6.07) is 0. The summed E-state index contributed by atoms with van der Waals surface area (Å²) in [7, 11) is 0. The molecule has 0 aromatic rings. The zero-order valence-corrected chi connectivity index (χ0v) is 12.2. The van der Waals surface area contributed by atoms with Crippen LogP contribution in [0, 0.1) is 0 Å². The van der Waals surface area contributed by atoms with Crippen LogP contribution < -0.4 is 0 Å². The summed E-state index contributed by atoms with van der Waals surface area (Å²) in [5, 5.41) is 0. The Morgan fingerprint density at radius 2 is 2.12 bits per heavy atom. The number of thiocarbonyl (C=S) groups is 1. The fourth-order valence-corrected chi connectivity index (χ4v) is 18.7. The zero-order valence-electron chi connectivity index (χ0n) is 3.64. The van der Waals surface area contributed by atoms with E-state index in [0.717, 1.165) is 19.5 Å². The van der Waals surface area contributed by atoms with E-state index in [-0.39, 0.29) is 0 Å². The Balaban J connectivity index is 2.51. The molecule has 1 aliphatic heterocycles. The molecule has 1 aliphatic rings. The summed E-state index contributed by atoms with van der Waals surface area (Å²) in [6.07, 6.45) is 0. The Morgan fingerprint density at radius 3 is 2.25 bits per heavy atom. The van der Waals surface area contributed by atoms with Crippen molar-refractivity contribution in [2.24, 2.45) is 0 Å². The number of halogens is 2. The molecule has 1 saturated heterocycles. The Bertz CT molecular complexity index is 118. The summed E-state index contributed by atoms with van der Waals surface area (Å²) in [6.45, 7) is 0. The van der Waals surface area contributed by atoms with E-state index in [4.69, 9.17) is 12.2 Å². The Hall–Kier alpha value is 2.59. The van der Waals surface area contributed by atoms with Crippen molar-refractivity contribution < 1.29 is 0 Å². The number of alkyl halides is 2. The predicted octanol–water partition coefficient (Wildman–Crippen LogP) is 1.22. The summed E-state index contributed by atoms with van der Waals surface area (Å²) in [5.74, 6) is 0. The van der Waals surface area contributed by atoms with Gasteiger partial charge in [0.2, 0.25) is 0 Å². The van der Waals surface area contributed by atoms with E-state index in [1.165, 1.54) is 3.76 Å². The van der Waals surface area contributed by atoms with Crippen LogP contribution in [0.15, 0.2) is 0 Å². The first-order chi connectivity index (χ1) is 3.70. The third-order valence-electron chi connectivity index (χ3n) is 0.621. The molecule has 0 aromatic heterocycles. The van der Waals surface area contributed by atoms with Crippen molar-refractivity contribution in [3.63, 3.8) is 0 Å². The third kappa shape index (κ3) is 2.32. The van der Waals surface area contributed by atoms with Crippen molar-refractivity contribution in [2.75, 3.05) is 0 Å². The molecule has 1 heterocycles. The van der Waals surface area contributed by atoms with Crippen LogP contribution in [-0.4, -0.2) is 38.2 Å². The van der Waals surface area contributed by atoms with Gasteiger partial charge in [0.25, 0.3) is 0 Å². The summed E-state index contributed by atoms with van der Waals surface area (Å²) >= 11 is 11.7. The van der Waals surface area contributed by atoms with Gasteiger partial charge in [0.15, 0.2) is 0 Å². The van der Waals surface area contributed by atoms with E-state index in [9.17, 15) is 0 Å². The minimum absolute atomic E-state index is 0.696. The van der Waals surface area contributed by atoms with Crippen molar-refractivity contribution in [1.82, 2.24) is 0 Å². The van der Waals surface area contributed by atoms with Crippen LogP contribution in [0.25, 0.3) is 0 Å². The van der Waals surface area contributed by atoms with Crippen molar-refractivity contribution in [1.29, 1.82) is 0 Å². The van der Waals surface area contributed by atoms with Gasteiger partial charge in [-0.3, -0.25) is 0 Å². The SMILES string of the molecule is S=C1[Se]C(I)[Se]C1I. The number of hydrogen-bond acceptors (Lipinski definition) is 1. The Morgan fingerprint density at radius 1 is 1.50 bits per heavy atom. The molecule has 0 saturated carbocycles. The summed E-state index contributed by atoms with van der Waals surface area (Å²) in [4.78, 5) is 0. The van der Waals surface area contributed by atoms with Crippen LogP contribution in [0.3, 0.4) is 0 Å². The Kier molecular flexibility index (Phi) is 4.16.